The van der Waals surface area contributed by atoms with Crippen LogP contribution < -0.4 is 16.0 Å². The van der Waals surface area contributed by atoms with Gasteiger partial charge in [0.25, 0.3) is 5.91 Å². The number of fused-ring (bicyclic) bond motifs is 1. The fourth-order valence-corrected chi connectivity index (χ4v) is 3.57. The second-order valence-corrected chi connectivity index (χ2v) is 6.95. The molecule has 1 aliphatic rings. The number of nitrogens with one attached hydrogen (secondary N) is 2. The quantitative estimate of drug-likeness (QED) is 0.690. The summed E-state index contributed by atoms with van der Waals surface area (Å²) in [4.78, 5) is 22.0. The number of aromatic nitrogens is 2. The maximum Gasteiger partial charge on any atom is 0.253 e. The predicted octanol–water partition coefficient (Wildman–Crippen LogP) is 2.65. The third-order valence-electron chi connectivity index (χ3n) is 4.38. The molecule has 25 heavy (non-hydrogen) atoms. The number of H-pyrrole nitrogens is 1. The number of hydrogen-bond donors (Lipinski definition) is 3. The number of piperidine rings is 1. The fourth-order valence-electron chi connectivity index (χ4n) is 3.02. The highest BCUT2D eigenvalue weighted by Crippen LogP contribution is 2.38. The number of halogens is 2. The zero-order valence-electron chi connectivity index (χ0n) is 14.2. The van der Waals surface area contributed by atoms with Crippen LogP contribution in [-0.4, -0.2) is 48.2 Å². The molecule has 0 bridgehead atoms. The van der Waals surface area contributed by atoms with Crippen LogP contribution in [0.15, 0.2) is 16.9 Å². The highest BCUT2D eigenvalue weighted by Gasteiger charge is 2.24. The first-order valence-corrected chi connectivity index (χ1v) is 8.80. The van der Waals surface area contributed by atoms with Crippen LogP contribution in [0.5, 0.6) is 0 Å². The van der Waals surface area contributed by atoms with Gasteiger partial charge in [-0.3, -0.25) is 4.79 Å². The van der Waals surface area contributed by atoms with E-state index in [1.165, 1.54) is 7.11 Å². The van der Waals surface area contributed by atoms with Gasteiger partial charge >= 0.3 is 0 Å². The van der Waals surface area contributed by atoms with E-state index in [9.17, 15) is 4.79 Å². The van der Waals surface area contributed by atoms with Crippen molar-refractivity contribution in [1.29, 1.82) is 0 Å². The Bertz CT molecular complexity index is 753. The first-order chi connectivity index (χ1) is 11.5. The first-order valence-electron chi connectivity index (χ1n) is 8.01. The Hall–Kier alpha value is -1.35. The Morgan fingerprint density at radius 1 is 1.60 bits per heavy atom. The molecule has 2 aromatic rings. The molecule has 4 N–H and O–H groups in total. The van der Waals surface area contributed by atoms with E-state index in [2.05, 4.69) is 36.1 Å². The van der Waals surface area contributed by atoms with Gasteiger partial charge in [0.2, 0.25) is 0 Å². The van der Waals surface area contributed by atoms with Crippen LogP contribution in [0.25, 0.3) is 11.0 Å². The van der Waals surface area contributed by atoms with Crippen molar-refractivity contribution >= 4 is 56.7 Å². The zero-order chi connectivity index (χ0) is 17.3. The highest BCUT2D eigenvalue weighted by atomic mass is 79.9. The lowest BCUT2D eigenvalue weighted by Gasteiger charge is -2.33. The third-order valence-corrected chi connectivity index (χ3v) is 4.96. The van der Waals surface area contributed by atoms with Gasteiger partial charge in [-0.2, -0.15) is 0 Å². The molecule has 138 valence electrons. The molecule has 3 heterocycles. The SMILES string of the molecule is COC(C)C(=O)Nc1c[nH]c2ncc(Br)c(N3CCCC(N)C3)c12.Cl. The molecule has 1 aliphatic heterocycles. The van der Waals surface area contributed by atoms with Gasteiger partial charge in [-0.15, -0.1) is 12.4 Å². The third kappa shape index (κ3) is 4.08. The van der Waals surface area contributed by atoms with Gasteiger partial charge in [0.1, 0.15) is 11.8 Å². The Labute approximate surface area is 161 Å². The molecule has 1 saturated heterocycles. The molecule has 2 atom stereocenters. The van der Waals surface area contributed by atoms with E-state index >= 15 is 0 Å². The predicted molar refractivity (Wildman–Crippen MR) is 106 cm³/mol. The first kappa shape index (κ1) is 20.0. The summed E-state index contributed by atoms with van der Waals surface area (Å²) in [7, 11) is 1.51. The average Bonchev–Trinajstić information content (AvgIpc) is 2.96. The lowest BCUT2D eigenvalue weighted by atomic mass is 10.1. The van der Waals surface area contributed by atoms with E-state index in [4.69, 9.17) is 10.5 Å². The Balaban J connectivity index is 0.00000225. The number of carbonyl (C=O) groups is 1. The van der Waals surface area contributed by atoms with Gasteiger partial charge in [-0.1, -0.05) is 0 Å². The molecule has 2 unspecified atom stereocenters. The number of carbonyl (C=O) groups excluding carboxylic acids is 1. The van der Waals surface area contributed by atoms with Crippen molar-refractivity contribution < 1.29 is 9.53 Å². The molecule has 3 rings (SSSR count). The van der Waals surface area contributed by atoms with Crippen LogP contribution in [0.2, 0.25) is 0 Å². The van der Waals surface area contributed by atoms with Gasteiger partial charge in [0, 0.05) is 38.6 Å². The second-order valence-electron chi connectivity index (χ2n) is 6.10. The summed E-state index contributed by atoms with van der Waals surface area (Å²) in [6, 6.07) is 0.152. The van der Waals surface area contributed by atoms with E-state index in [1.807, 2.05) is 0 Å². The van der Waals surface area contributed by atoms with Crippen LogP contribution >= 0.6 is 28.3 Å². The van der Waals surface area contributed by atoms with Gasteiger partial charge in [0.15, 0.2) is 0 Å². The number of nitrogens with zero attached hydrogens (tertiary/aromatic N) is 2. The summed E-state index contributed by atoms with van der Waals surface area (Å²) >= 11 is 3.60. The van der Waals surface area contributed by atoms with Crippen molar-refractivity contribution in [2.75, 3.05) is 30.4 Å². The second kappa shape index (κ2) is 8.35. The highest BCUT2D eigenvalue weighted by molar-refractivity contribution is 9.10. The van der Waals surface area contributed by atoms with E-state index < -0.39 is 6.10 Å². The molecule has 0 saturated carbocycles. The fraction of sp³-hybridized carbons (Fsp3) is 0.500. The number of anilines is 2. The van der Waals surface area contributed by atoms with Crippen molar-refractivity contribution in [3.8, 4) is 0 Å². The van der Waals surface area contributed by atoms with E-state index in [-0.39, 0.29) is 24.4 Å². The topological polar surface area (TPSA) is 96.3 Å². The number of ether oxygens (including phenoxy) is 1. The molecule has 2 aromatic heterocycles. The minimum atomic E-state index is -0.526. The summed E-state index contributed by atoms with van der Waals surface area (Å²) < 4.78 is 5.97. The maximum atomic E-state index is 12.2. The van der Waals surface area contributed by atoms with Crippen molar-refractivity contribution in [2.45, 2.75) is 31.9 Å². The molecule has 0 aliphatic carbocycles. The average molecular weight is 433 g/mol. The normalized spacial score (nSPS) is 18.7. The molecule has 7 nitrogen and oxygen atoms in total. The minimum absolute atomic E-state index is 0. The number of rotatable bonds is 4. The Morgan fingerprint density at radius 3 is 3.04 bits per heavy atom. The molecule has 9 heteroatoms. The summed E-state index contributed by atoms with van der Waals surface area (Å²) in [5, 5.41) is 3.80. The lowest BCUT2D eigenvalue weighted by Crippen LogP contribution is -2.43. The minimum Gasteiger partial charge on any atom is -0.372 e. The molecule has 0 aromatic carbocycles. The van der Waals surface area contributed by atoms with Crippen LogP contribution in [-0.2, 0) is 9.53 Å². The standard InChI is InChI=1S/C16H22BrN5O2.ClH/c1-9(24-2)16(23)21-12-7-20-15-13(12)14(11(17)6-19-15)22-5-3-4-10(18)8-22;/h6-7,9-10H,3-5,8,18H2,1-2H3,(H,19,20)(H,21,23);1H. The number of amides is 1. The Morgan fingerprint density at radius 2 is 2.36 bits per heavy atom. The van der Waals surface area contributed by atoms with Gasteiger partial charge < -0.3 is 25.7 Å². The number of aromatic amines is 1. The van der Waals surface area contributed by atoms with Crippen molar-refractivity contribution in [2.24, 2.45) is 5.73 Å². The smallest absolute Gasteiger partial charge is 0.253 e. The summed E-state index contributed by atoms with van der Waals surface area (Å²) in [5.41, 5.74) is 8.58. The molecular weight excluding hydrogens is 410 g/mol. The van der Waals surface area contributed by atoms with Crippen LogP contribution in [0.4, 0.5) is 11.4 Å². The lowest BCUT2D eigenvalue weighted by molar-refractivity contribution is -0.124. The number of pyridine rings is 1. The van der Waals surface area contributed by atoms with Gasteiger partial charge in [0.05, 0.1) is 21.2 Å². The summed E-state index contributed by atoms with van der Waals surface area (Å²) in [6.45, 7) is 3.42. The van der Waals surface area contributed by atoms with E-state index in [1.54, 1.807) is 19.3 Å². The van der Waals surface area contributed by atoms with Crippen LogP contribution in [0.1, 0.15) is 19.8 Å². The van der Waals surface area contributed by atoms with Crippen molar-refractivity contribution in [1.82, 2.24) is 9.97 Å². The van der Waals surface area contributed by atoms with E-state index in [0.717, 1.165) is 47.1 Å². The number of methoxy groups -OCH3 is 1. The Kier molecular flexibility index (Phi) is 6.67. The number of nitrogens with two attached hydrogens (primary N) is 1. The maximum absolute atomic E-state index is 12.2. The van der Waals surface area contributed by atoms with Crippen molar-refractivity contribution in [3.05, 3.63) is 16.9 Å². The van der Waals surface area contributed by atoms with E-state index in [0.29, 0.717) is 5.69 Å². The monoisotopic (exact) mass is 431 g/mol. The van der Waals surface area contributed by atoms with Crippen LogP contribution in [0.3, 0.4) is 0 Å². The molecule has 1 amide bonds. The largest absolute Gasteiger partial charge is 0.372 e. The van der Waals surface area contributed by atoms with Crippen molar-refractivity contribution in [3.63, 3.8) is 0 Å². The summed E-state index contributed by atoms with van der Waals surface area (Å²) in [6.07, 6.45) is 5.09. The zero-order valence-corrected chi connectivity index (χ0v) is 16.6. The van der Waals surface area contributed by atoms with Crippen LogP contribution in [0, 0.1) is 0 Å². The number of hydrogen-bond acceptors (Lipinski definition) is 5. The molecule has 0 spiro atoms. The molecular formula is C16H23BrClN5O2. The molecule has 1 fully saturated rings. The molecule has 0 radical (unpaired) electrons. The van der Waals surface area contributed by atoms with Gasteiger partial charge in [-0.25, -0.2) is 4.98 Å². The van der Waals surface area contributed by atoms with Gasteiger partial charge in [-0.05, 0) is 35.7 Å². The summed E-state index contributed by atoms with van der Waals surface area (Å²) in [5.74, 6) is -0.195.